The number of unbranched alkanes of at least 4 members (excludes halogenated alkanes) is 3. The lowest BCUT2D eigenvalue weighted by Gasteiger charge is -2.14. The van der Waals surface area contributed by atoms with E-state index in [0.717, 1.165) is 25.7 Å². The lowest BCUT2D eigenvalue weighted by atomic mass is 10.1. The molecular formula is C16H24N4O5. The quantitative estimate of drug-likeness (QED) is 0.253. The van der Waals surface area contributed by atoms with E-state index in [2.05, 4.69) is 10.6 Å². The Morgan fingerprint density at radius 3 is 2.60 bits per heavy atom. The molecule has 0 bridgehead atoms. The Morgan fingerprint density at radius 2 is 1.96 bits per heavy atom. The number of nitro benzene ring substituents is 1. The molecule has 25 heavy (non-hydrogen) atoms. The smallest absolute Gasteiger partial charge is 0.321 e. The second-order valence-corrected chi connectivity index (χ2v) is 5.61. The fourth-order valence-corrected chi connectivity index (χ4v) is 2.24. The maximum atomic E-state index is 12.0. The molecule has 0 aromatic heterocycles. The van der Waals surface area contributed by atoms with Gasteiger partial charge in [0.2, 0.25) is 5.91 Å². The van der Waals surface area contributed by atoms with Gasteiger partial charge in [0, 0.05) is 17.8 Å². The van der Waals surface area contributed by atoms with E-state index in [1.54, 1.807) is 0 Å². The normalized spacial score (nSPS) is 11.7. The van der Waals surface area contributed by atoms with Gasteiger partial charge in [0.15, 0.2) is 0 Å². The number of hydrogen-bond donors (Lipinski definition) is 4. The molecule has 5 N–H and O–H groups in total. The third-order valence-electron chi connectivity index (χ3n) is 3.55. The third kappa shape index (κ3) is 8.23. The Labute approximate surface area is 145 Å². The zero-order valence-corrected chi connectivity index (χ0v) is 13.9. The van der Waals surface area contributed by atoms with Crippen LogP contribution in [-0.2, 0) is 9.59 Å². The first-order chi connectivity index (χ1) is 11.9. The van der Waals surface area contributed by atoms with Crippen LogP contribution in [0.3, 0.4) is 0 Å². The van der Waals surface area contributed by atoms with Crippen molar-refractivity contribution in [2.75, 3.05) is 18.4 Å². The number of carboxylic acid groups (broad SMARTS) is 1. The molecule has 0 heterocycles. The minimum absolute atomic E-state index is 0.150. The number of carboxylic acids is 1. The highest BCUT2D eigenvalue weighted by Crippen LogP contribution is 2.17. The van der Waals surface area contributed by atoms with Crippen LogP contribution in [0.25, 0.3) is 0 Å². The summed E-state index contributed by atoms with van der Waals surface area (Å²) in [6, 6.07) is 4.47. The highest BCUT2D eigenvalue weighted by molar-refractivity contribution is 5.94. The summed E-state index contributed by atoms with van der Waals surface area (Å²) in [4.78, 5) is 33.4. The molecule has 0 radical (unpaired) electrons. The van der Waals surface area contributed by atoms with E-state index in [-0.39, 0.29) is 17.8 Å². The van der Waals surface area contributed by atoms with Crippen LogP contribution in [0.15, 0.2) is 24.3 Å². The molecule has 0 unspecified atom stereocenters. The summed E-state index contributed by atoms with van der Waals surface area (Å²) in [5.41, 5.74) is 5.50. The summed E-state index contributed by atoms with van der Waals surface area (Å²) in [7, 11) is 0. The molecule has 1 atom stereocenters. The minimum Gasteiger partial charge on any atom is -0.480 e. The van der Waals surface area contributed by atoms with Gasteiger partial charge < -0.3 is 21.5 Å². The molecule has 1 aromatic rings. The van der Waals surface area contributed by atoms with E-state index in [4.69, 9.17) is 5.73 Å². The van der Waals surface area contributed by atoms with Gasteiger partial charge in [-0.15, -0.1) is 0 Å². The van der Waals surface area contributed by atoms with Gasteiger partial charge in [-0.05, 0) is 32.0 Å². The van der Waals surface area contributed by atoms with Gasteiger partial charge in [-0.1, -0.05) is 18.9 Å². The zero-order chi connectivity index (χ0) is 18.7. The number of nitro groups is 1. The first-order valence-electron chi connectivity index (χ1n) is 8.14. The Morgan fingerprint density at radius 1 is 1.24 bits per heavy atom. The second-order valence-electron chi connectivity index (χ2n) is 5.61. The van der Waals surface area contributed by atoms with E-state index in [0.29, 0.717) is 13.1 Å². The van der Waals surface area contributed by atoms with Crippen LogP contribution in [0.2, 0.25) is 0 Å². The van der Waals surface area contributed by atoms with Gasteiger partial charge in [-0.25, -0.2) is 0 Å². The maximum Gasteiger partial charge on any atom is 0.321 e. The summed E-state index contributed by atoms with van der Waals surface area (Å²) in [6.45, 7) is 1.13. The van der Waals surface area contributed by atoms with Crippen LogP contribution in [0.5, 0.6) is 0 Å². The molecule has 0 aliphatic carbocycles. The van der Waals surface area contributed by atoms with Crippen LogP contribution in [-0.4, -0.2) is 41.0 Å². The molecule has 0 spiro atoms. The second kappa shape index (κ2) is 11.1. The van der Waals surface area contributed by atoms with Gasteiger partial charge in [0.05, 0.1) is 11.3 Å². The number of nitrogens with zero attached hydrogens (tertiary/aromatic N) is 1. The topological polar surface area (TPSA) is 148 Å². The molecule has 9 nitrogen and oxygen atoms in total. The Kier molecular flexibility index (Phi) is 9.12. The van der Waals surface area contributed by atoms with Crippen molar-refractivity contribution in [3.8, 4) is 0 Å². The summed E-state index contributed by atoms with van der Waals surface area (Å²) in [5.74, 6) is -1.64. The number of amides is 1. The number of aliphatic carboxylic acids is 1. The molecule has 0 fully saturated rings. The predicted octanol–water partition coefficient (Wildman–Crippen LogP) is 1.49. The highest BCUT2D eigenvalue weighted by atomic mass is 16.6. The molecule has 1 amide bonds. The number of rotatable bonds is 12. The standard InChI is InChI=1S/C16H24N4O5/c17-8-3-1-2-4-9-18-14(16(22)23)11-15(21)19-12-6-5-7-13(10-12)20(24)25/h5-7,10,14,18H,1-4,8-9,11,17H2,(H,19,21)(H,22,23)/t14-/m0/s1. The monoisotopic (exact) mass is 352 g/mol. The van der Waals surface area contributed by atoms with Crippen molar-refractivity contribution in [2.45, 2.75) is 38.1 Å². The van der Waals surface area contributed by atoms with Crippen molar-refractivity contribution in [3.63, 3.8) is 0 Å². The van der Waals surface area contributed by atoms with E-state index >= 15 is 0 Å². The number of carbonyl (C=O) groups is 2. The third-order valence-corrected chi connectivity index (χ3v) is 3.55. The SMILES string of the molecule is NCCCCCCN[C@@H](CC(=O)Nc1cccc([N+](=O)[O-])c1)C(=O)O. The first-order valence-corrected chi connectivity index (χ1v) is 8.14. The number of hydrogen-bond acceptors (Lipinski definition) is 6. The number of anilines is 1. The summed E-state index contributed by atoms with van der Waals surface area (Å²) in [6.07, 6.45) is 3.41. The van der Waals surface area contributed by atoms with Gasteiger partial charge >= 0.3 is 5.97 Å². The molecule has 1 aromatic carbocycles. The predicted molar refractivity (Wildman–Crippen MR) is 93.3 cm³/mol. The molecular weight excluding hydrogens is 328 g/mol. The Balaban J connectivity index is 2.46. The fraction of sp³-hybridized carbons (Fsp3) is 0.500. The van der Waals surface area contributed by atoms with Crippen LogP contribution < -0.4 is 16.4 Å². The Bertz CT molecular complexity index is 594. The largest absolute Gasteiger partial charge is 0.480 e. The van der Waals surface area contributed by atoms with E-state index in [1.165, 1.54) is 24.3 Å². The summed E-state index contributed by atoms with van der Waals surface area (Å²) in [5, 5.41) is 25.2. The van der Waals surface area contributed by atoms with Gasteiger partial charge in [-0.3, -0.25) is 19.7 Å². The van der Waals surface area contributed by atoms with E-state index in [9.17, 15) is 24.8 Å². The minimum atomic E-state index is -1.11. The van der Waals surface area contributed by atoms with Crippen molar-refractivity contribution in [1.29, 1.82) is 0 Å². The summed E-state index contributed by atoms with van der Waals surface area (Å²) < 4.78 is 0. The number of benzene rings is 1. The van der Waals surface area contributed by atoms with Crippen molar-refractivity contribution in [3.05, 3.63) is 34.4 Å². The zero-order valence-electron chi connectivity index (χ0n) is 13.9. The van der Waals surface area contributed by atoms with Crippen LogP contribution in [0.4, 0.5) is 11.4 Å². The Hall–Kier alpha value is -2.52. The van der Waals surface area contributed by atoms with Crippen LogP contribution >= 0.6 is 0 Å². The number of nitrogens with one attached hydrogen (secondary N) is 2. The molecule has 138 valence electrons. The van der Waals surface area contributed by atoms with Crippen molar-refractivity contribution < 1.29 is 19.6 Å². The number of carbonyl (C=O) groups excluding carboxylic acids is 1. The van der Waals surface area contributed by atoms with Crippen molar-refractivity contribution >= 4 is 23.3 Å². The highest BCUT2D eigenvalue weighted by Gasteiger charge is 2.20. The lowest BCUT2D eigenvalue weighted by Crippen LogP contribution is -2.40. The first kappa shape index (κ1) is 20.5. The molecule has 0 saturated carbocycles. The van der Waals surface area contributed by atoms with Crippen LogP contribution in [0.1, 0.15) is 32.1 Å². The van der Waals surface area contributed by atoms with E-state index < -0.39 is 22.8 Å². The molecule has 1 rings (SSSR count). The summed E-state index contributed by atoms with van der Waals surface area (Å²) >= 11 is 0. The van der Waals surface area contributed by atoms with Gasteiger partial charge in [0.25, 0.3) is 5.69 Å². The van der Waals surface area contributed by atoms with Crippen LogP contribution in [0, 0.1) is 10.1 Å². The average Bonchev–Trinajstić information content (AvgIpc) is 2.56. The van der Waals surface area contributed by atoms with Crippen molar-refractivity contribution in [1.82, 2.24) is 5.32 Å². The maximum absolute atomic E-state index is 12.0. The van der Waals surface area contributed by atoms with E-state index in [1.807, 2.05) is 0 Å². The fourth-order valence-electron chi connectivity index (χ4n) is 2.24. The molecule has 9 heteroatoms. The van der Waals surface area contributed by atoms with Gasteiger partial charge in [-0.2, -0.15) is 0 Å². The molecule has 0 aliphatic heterocycles. The molecule has 0 aliphatic rings. The van der Waals surface area contributed by atoms with Crippen molar-refractivity contribution in [2.24, 2.45) is 5.73 Å². The average molecular weight is 352 g/mol. The molecule has 0 saturated heterocycles. The lowest BCUT2D eigenvalue weighted by molar-refractivity contribution is -0.384. The number of non-ortho nitro benzene ring substituents is 1. The number of nitrogens with two attached hydrogens (primary N) is 1. The van der Waals surface area contributed by atoms with Gasteiger partial charge in [0.1, 0.15) is 6.04 Å².